The maximum absolute atomic E-state index is 12.2. The van der Waals surface area contributed by atoms with Gasteiger partial charge in [-0.3, -0.25) is 0 Å². The Hall–Kier alpha value is -0.250. The molecule has 0 unspecified atom stereocenters. The summed E-state index contributed by atoms with van der Waals surface area (Å²) in [6, 6.07) is 0. The Labute approximate surface area is 70.6 Å². The molecule has 0 aromatic heterocycles. The van der Waals surface area contributed by atoms with Gasteiger partial charge >= 0.3 is 6.18 Å². The highest BCUT2D eigenvalue weighted by molar-refractivity contribution is 4.85. The van der Waals surface area contributed by atoms with Gasteiger partial charge in [0.05, 0.1) is 0 Å². The van der Waals surface area contributed by atoms with Crippen LogP contribution in [0.15, 0.2) is 0 Å². The van der Waals surface area contributed by atoms with E-state index in [1.165, 1.54) is 0 Å². The fourth-order valence-electron chi connectivity index (χ4n) is 1.24. The molecule has 0 saturated heterocycles. The van der Waals surface area contributed by atoms with Crippen LogP contribution in [0.3, 0.4) is 0 Å². The summed E-state index contributed by atoms with van der Waals surface area (Å²) >= 11 is 0. The Kier molecular flexibility index (Phi) is 4.03. The molecule has 0 spiro atoms. The molecule has 0 aliphatic carbocycles. The van der Waals surface area contributed by atoms with Crippen molar-refractivity contribution in [2.75, 3.05) is 0 Å². The zero-order chi connectivity index (χ0) is 9.83. The summed E-state index contributed by atoms with van der Waals surface area (Å²) in [4.78, 5) is 0. The summed E-state index contributed by atoms with van der Waals surface area (Å²) in [7, 11) is 0. The first-order valence-corrected chi connectivity index (χ1v) is 4.16. The summed E-state index contributed by atoms with van der Waals surface area (Å²) in [6.45, 7) is 3.26. The lowest BCUT2D eigenvalue weighted by Gasteiger charge is -2.29. The van der Waals surface area contributed by atoms with E-state index in [1.807, 2.05) is 0 Å². The van der Waals surface area contributed by atoms with Crippen LogP contribution < -0.4 is 0 Å². The van der Waals surface area contributed by atoms with E-state index < -0.39 is 11.8 Å². The highest BCUT2D eigenvalue weighted by Crippen LogP contribution is 2.37. The summed E-state index contributed by atoms with van der Waals surface area (Å²) in [6.07, 6.45) is -4.21. The quantitative estimate of drug-likeness (QED) is 0.712. The molecule has 12 heavy (non-hydrogen) atoms. The standard InChI is InChI=1S/C8H15F3O/c1-3-5-7(12,6-4-2)8(9,10)11/h12H,3-6H2,1-2H3. The van der Waals surface area contributed by atoms with E-state index in [-0.39, 0.29) is 12.8 Å². The third-order valence-electron chi connectivity index (χ3n) is 1.85. The number of hydrogen-bond acceptors (Lipinski definition) is 1. The minimum absolute atomic E-state index is 0.204. The third kappa shape index (κ3) is 2.66. The molecule has 0 saturated carbocycles. The molecule has 0 aliphatic heterocycles. The van der Waals surface area contributed by atoms with Crippen molar-refractivity contribution in [3.63, 3.8) is 0 Å². The van der Waals surface area contributed by atoms with E-state index >= 15 is 0 Å². The van der Waals surface area contributed by atoms with Crippen LogP contribution in [-0.2, 0) is 0 Å². The number of rotatable bonds is 4. The molecule has 0 aromatic rings. The van der Waals surface area contributed by atoms with Gasteiger partial charge in [0.15, 0.2) is 5.60 Å². The molecular weight excluding hydrogens is 169 g/mol. The van der Waals surface area contributed by atoms with E-state index in [4.69, 9.17) is 0 Å². The van der Waals surface area contributed by atoms with Crippen LogP contribution >= 0.6 is 0 Å². The number of halogens is 3. The number of hydrogen-bond donors (Lipinski definition) is 1. The smallest absolute Gasteiger partial charge is 0.380 e. The second-order valence-electron chi connectivity index (χ2n) is 3.03. The van der Waals surface area contributed by atoms with Crippen molar-refractivity contribution in [1.29, 1.82) is 0 Å². The minimum atomic E-state index is -4.49. The molecule has 0 amide bonds. The molecule has 74 valence electrons. The van der Waals surface area contributed by atoms with Gasteiger partial charge in [0, 0.05) is 0 Å². The first-order chi connectivity index (χ1) is 5.37. The van der Waals surface area contributed by atoms with Crippen molar-refractivity contribution in [2.24, 2.45) is 0 Å². The summed E-state index contributed by atoms with van der Waals surface area (Å²) in [5.74, 6) is 0. The lowest BCUT2D eigenvalue weighted by atomic mass is 9.92. The fourth-order valence-corrected chi connectivity index (χ4v) is 1.24. The molecule has 0 heterocycles. The van der Waals surface area contributed by atoms with E-state index in [9.17, 15) is 18.3 Å². The summed E-state index contributed by atoms with van der Waals surface area (Å²) in [5.41, 5.74) is -2.46. The molecule has 0 fully saturated rings. The lowest BCUT2D eigenvalue weighted by molar-refractivity contribution is -0.265. The van der Waals surface area contributed by atoms with Crippen LogP contribution in [-0.4, -0.2) is 16.9 Å². The van der Waals surface area contributed by atoms with Crippen LogP contribution in [0.1, 0.15) is 39.5 Å². The minimum Gasteiger partial charge on any atom is -0.380 e. The lowest BCUT2D eigenvalue weighted by Crippen LogP contribution is -2.44. The average Bonchev–Trinajstić information content (AvgIpc) is 1.86. The SMILES string of the molecule is CCCC(O)(CCC)C(F)(F)F. The van der Waals surface area contributed by atoms with Gasteiger partial charge in [-0.25, -0.2) is 0 Å². The van der Waals surface area contributed by atoms with Crippen LogP contribution in [0.4, 0.5) is 13.2 Å². The van der Waals surface area contributed by atoms with E-state index in [0.29, 0.717) is 12.8 Å². The molecule has 0 bridgehead atoms. The summed E-state index contributed by atoms with van der Waals surface area (Å²) in [5, 5.41) is 9.22. The maximum atomic E-state index is 12.2. The average molecular weight is 184 g/mol. The maximum Gasteiger partial charge on any atom is 0.417 e. The Balaban J connectivity index is 4.38. The molecular formula is C8H15F3O. The van der Waals surface area contributed by atoms with Gasteiger partial charge < -0.3 is 5.11 Å². The van der Waals surface area contributed by atoms with E-state index in [1.54, 1.807) is 13.8 Å². The Morgan fingerprint density at radius 2 is 1.33 bits per heavy atom. The van der Waals surface area contributed by atoms with Gasteiger partial charge in [0.25, 0.3) is 0 Å². The normalized spacial score (nSPS) is 13.5. The van der Waals surface area contributed by atoms with Crippen LogP contribution in [0.25, 0.3) is 0 Å². The van der Waals surface area contributed by atoms with Crippen molar-refractivity contribution in [3.05, 3.63) is 0 Å². The molecule has 0 rings (SSSR count). The third-order valence-corrected chi connectivity index (χ3v) is 1.85. The van der Waals surface area contributed by atoms with Crippen molar-refractivity contribution in [1.82, 2.24) is 0 Å². The highest BCUT2D eigenvalue weighted by Gasteiger charge is 2.51. The molecule has 1 N–H and O–H groups in total. The van der Waals surface area contributed by atoms with E-state index in [2.05, 4.69) is 0 Å². The van der Waals surface area contributed by atoms with Crippen LogP contribution in [0, 0.1) is 0 Å². The van der Waals surface area contributed by atoms with Crippen molar-refractivity contribution in [3.8, 4) is 0 Å². The van der Waals surface area contributed by atoms with Crippen LogP contribution in [0.2, 0.25) is 0 Å². The topological polar surface area (TPSA) is 20.2 Å². The van der Waals surface area contributed by atoms with Gasteiger partial charge in [-0.1, -0.05) is 26.7 Å². The molecule has 1 nitrogen and oxygen atoms in total. The van der Waals surface area contributed by atoms with Gasteiger partial charge in [0.1, 0.15) is 0 Å². The molecule has 0 aromatic carbocycles. The van der Waals surface area contributed by atoms with Crippen molar-refractivity contribution in [2.45, 2.75) is 51.3 Å². The van der Waals surface area contributed by atoms with Gasteiger partial charge in [-0.2, -0.15) is 13.2 Å². The van der Waals surface area contributed by atoms with Crippen LogP contribution in [0.5, 0.6) is 0 Å². The second kappa shape index (κ2) is 4.12. The first kappa shape index (κ1) is 11.8. The zero-order valence-corrected chi connectivity index (χ0v) is 7.41. The predicted molar refractivity (Wildman–Crippen MR) is 40.8 cm³/mol. The summed E-state index contributed by atoms with van der Waals surface area (Å²) < 4.78 is 36.7. The molecule has 4 heteroatoms. The Morgan fingerprint density at radius 1 is 1.00 bits per heavy atom. The molecule has 0 aliphatic rings. The van der Waals surface area contributed by atoms with Crippen molar-refractivity contribution < 1.29 is 18.3 Å². The largest absolute Gasteiger partial charge is 0.417 e. The van der Waals surface area contributed by atoms with Crippen molar-refractivity contribution >= 4 is 0 Å². The Morgan fingerprint density at radius 3 is 1.50 bits per heavy atom. The zero-order valence-electron chi connectivity index (χ0n) is 7.41. The van der Waals surface area contributed by atoms with Gasteiger partial charge in [-0.05, 0) is 12.8 Å². The molecule has 0 atom stereocenters. The second-order valence-corrected chi connectivity index (χ2v) is 3.03. The molecule has 0 radical (unpaired) electrons. The van der Waals surface area contributed by atoms with E-state index in [0.717, 1.165) is 0 Å². The first-order valence-electron chi connectivity index (χ1n) is 4.16. The monoisotopic (exact) mass is 184 g/mol. The van der Waals surface area contributed by atoms with Gasteiger partial charge in [-0.15, -0.1) is 0 Å². The van der Waals surface area contributed by atoms with Gasteiger partial charge in [0.2, 0.25) is 0 Å². The Bertz CT molecular complexity index is 125. The number of alkyl halides is 3. The highest BCUT2D eigenvalue weighted by atomic mass is 19.4. The predicted octanol–water partition coefficient (Wildman–Crippen LogP) is 2.88. The fraction of sp³-hybridized carbons (Fsp3) is 1.00. The number of aliphatic hydroxyl groups is 1.